The van der Waals surface area contributed by atoms with Crippen molar-refractivity contribution < 1.29 is 29.3 Å². The zero-order valence-corrected chi connectivity index (χ0v) is 16.8. The van der Waals surface area contributed by atoms with E-state index in [9.17, 15) is 14.7 Å². The number of carboxylic acids is 1. The topological polar surface area (TPSA) is 155 Å². The second-order valence-electron chi connectivity index (χ2n) is 7.00. The third-order valence-electron chi connectivity index (χ3n) is 5.21. The maximum Gasteiger partial charge on any atom is 0.317 e. The number of nitrogen functional groups attached to an aromatic ring is 1. The first kappa shape index (κ1) is 20.6. The second-order valence-corrected chi connectivity index (χ2v) is 7.00. The first-order valence-corrected chi connectivity index (χ1v) is 9.54. The molecule has 1 aromatic carbocycles. The van der Waals surface area contributed by atoms with E-state index in [1.165, 1.54) is 23.2 Å². The molecule has 4 rings (SSSR count). The van der Waals surface area contributed by atoms with Gasteiger partial charge in [0.1, 0.15) is 36.6 Å². The Morgan fingerprint density at radius 3 is 2.87 bits per heavy atom. The molecule has 1 aromatic heterocycles. The Morgan fingerprint density at radius 2 is 2.13 bits per heavy atom. The van der Waals surface area contributed by atoms with Crippen molar-refractivity contribution in [3.63, 3.8) is 0 Å². The highest BCUT2D eigenvalue weighted by Gasteiger charge is 2.34. The second kappa shape index (κ2) is 8.24. The Balaban J connectivity index is 1.64. The van der Waals surface area contributed by atoms with E-state index in [1.54, 1.807) is 23.1 Å². The third-order valence-corrected chi connectivity index (χ3v) is 5.21. The molecule has 0 aliphatic carbocycles. The molecule has 4 N–H and O–H groups in total. The number of nitrogens with two attached hydrogens (primary N) is 1. The Bertz CT molecular complexity index is 1020. The van der Waals surface area contributed by atoms with Crippen molar-refractivity contribution in [2.75, 3.05) is 55.4 Å². The molecule has 0 radical (unpaired) electrons. The van der Waals surface area contributed by atoms with Crippen LogP contribution in [0.25, 0.3) is 0 Å². The van der Waals surface area contributed by atoms with Crippen LogP contribution in [0, 0.1) is 0 Å². The van der Waals surface area contributed by atoms with Crippen LogP contribution >= 0.6 is 0 Å². The SMILES string of the molecule is COc1cc(N2CCOc3ncnc(N)c3C2=O)ccc1N1CCN(CC(=O)O)C1O. The summed E-state index contributed by atoms with van der Waals surface area (Å²) in [4.78, 5) is 36.6. The van der Waals surface area contributed by atoms with Crippen LogP contribution in [0.5, 0.6) is 11.6 Å². The zero-order valence-electron chi connectivity index (χ0n) is 16.8. The van der Waals surface area contributed by atoms with Crippen LogP contribution in [0.2, 0.25) is 0 Å². The number of carbonyl (C=O) groups is 2. The lowest BCUT2D eigenvalue weighted by Crippen LogP contribution is -2.41. The normalized spacial score (nSPS) is 19.0. The summed E-state index contributed by atoms with van der Waals surface area (Å²) in [6, 6.07) is 5.10. The molecule has 1 unspecified atom stereocenters. The summed E-state index contributed by atoms with van der Waals surface area (Å²) in [5, 5.41) is 19.5. The van der Waals surface area contributed by atoms with Crippen molar-refractivity contribution in [3.8, 4) is 11.6 Å². The minimum Gasteiger partial charge on any atom is -0.495 e. The van der Waals surface area contributed by atoms with Gasteiger partial charge in [-0.1, -0.05) is 0 Å². The van der Waals surface area contributed by atoms with E-state index in [0.29, 0.717) is 30.2 Å². The first-order chi connectivity index (χ1) is 14.9. The predicted octanol–water partition coefficient (Wildman–Crippen LogP) is -0.411. The van der Waals surface area contributed by atoms with E-state index in [0.717, 1.165) is 0 Å². The lowest BCUT2D eigenvalue weighted by molar-refractivity contribution is -0.140. The zero-order chi connectivity index (χ0) is 22.1. The van der Waals surface area contributed by atoms with Gasteiger partial charge in [0, 0.05) is 24.8 Å². The predicted molar refractivity (Wildman–Crippen MR) is 109 cm³/mol. The average molecular weight is 430 g/mol. The van der Waals surface area contributed by atoms with Crippen LogP contribution < -0.4 is 25.0 Å². The minimum absolute atomic E-state index is 0.0317. The summed E-state index contributed by atoms with van der Waals surface area (Å²) in [6.07, 6.45) is 0.136. The van der Waals surface area contributed by atoms with Gasteiger partial charge in [-0.2, -0.15) is 0 Å². The molecule has 1 fully saturated rings. The van der Waals surface area contributed by atoms with Gasteiger partial charge in [-0.15, -0.1) is 0 Å². The lowest BCUT2D eigenvalue weighted by atomic mass is 10.2. The van der Waals surface area contributed by atoms with Crippen LogP contribution in [-0.2, 0) is 4.79 Å². The van der Waals surface area contributed by atoms with E-state index in [4.69, 9.17) is 20.3 Å². The number of ether oxygens (including phenoxy) is 2. The van der Waals surface area contributed by atoms with Crippen molar-refractivity contribution in [3.05, 3.63) is 30.1 Å². The molecule has 0 bridgehead atoms. The summed E-state index contributed by atoms with van der Waals surface area (Å²) in [5.74, 6) is -0.821. The summed E-state index contributed by atoms with van der Waals surface area (Å²) >= 11 is 0. The molecule has 12 heteroatoms. The van der Waals surface area contributed by atoms with Gasteiger partial charge in [0.15, 0.2) is 6.35 Å². The highest BCUT2D eigenvalue weighted by Crippen LogP contribution is 2.36. The number of aliphatic carboxylic acids is 1. The van der Waals surface area contributed by atoms with Gasteiger partial charge in [-0.25, -0.2) is 14.9 Å². The molecule has 31 heavy (non-hydrogen) atoms. The quantitative estimate of drug-likeness (QED) is 0.567. The van der Waals surface area contributed by atoms with E-state index < -0.39 is 18.2 Å². The minimum atomic E-state index is -1.10. The number of carboxylic acid groups (broad SMARTS) is 1. The monoisotopic (exact) mass is 430 g/mol. The molecule has 1 saturated heterocycles. The van der Waals surface area contributed by atoms with Gasteiger partial charge in [0.05, 0.1) is 19.3 Å². The molecular weight excluding hydrogens is 408 g/mol. The van der Waals surface area contributed by atoms with Crippen LogP contribution in [-0.4, -0.2) is 83.2 Å². The van der Waals surface area contributed by atoms with Gasteiger partial charge in [-0.05, 0) is 12.1 Å². The van der Waals surface area contributed by atoms with Gasteiger partial charge in [0.2, 0.25) is 5.88 Å². The number of hydrogen-bond donors (Lipinski definition) is 3. The molecule has 2 aliphatic rings. The van der Waals surface area contributed by atoms with Crippen molar-refractivity contribution >= 4 is 29.1 Å². The lowest BCUT2D eigenvalue weighted by Gasteiger charge is -2.28. The molecule has 3 heterocycles. The van der Waals surface area contributed by atoms with Crippen LogP contribution in [0.4, 0.5) is 17.2 Å². The Hall–Kier alpha value is -3.64. The van der Waals surface area contributed by atoms with Crippen molar-refractivity contribution in [1.29, 1.82) is 0 Å². The average Bonchev–Trinajstić information content (AvgIpc) is 2.99. The van der Waals surface area contributed by atoms with Gasteiger partial charge in [-0.3, -0.25) is 9.59 Å². The van der Waals surface area contributed by atoms with Crippen LogP contribution in [0.3, 0.4) is 0 Å². The highest BCUT2D eigenvalue weighted by atomic mass is 16.5. The van der Waals surface area contributed by atoms with Gasteiger partial charge in [0.25, 0.3) is 5.91 Å². The number of aliphatic hydroxyl groups excluding tert-OH is 1. The van der Waals surface area contributed by atoms with E-state index in [-0.39, 0.29) is 37.0 Å². The number of rotatable bonds is 5. The molecule has 164 valence electrons. The van der Waals surface area contributed by atoms with Crippen molar-refractivity contribution in [2.45, 2.75) is 6.35 Å². The van der Waals surface area contributed by atoms with E-state index in [2.05, 4.69) is 9.97 Å². The molecule has 0 spiro atoms. The largest absolute Gasteiger partial charge is 0.495 e. The first-order valence-electron chi connectivity index (χ1n) is 9.54. The summed E-state index contributed by atoms with van der Waals surface area (Å²) in [5.41, 5.74) is 7.10. The van der Waals surface area contributed by atoms with E-state index >= 15 is 0 Å². The molecular formula is C19H22N6O6. The number of nitrogens with zero attached hydrogens (tertiary/aromatic N) is 5. The molecule has 1 atom stereocenters. The number of hydrogen-bond acceptors (Lipinski definition) is 10. The molecule has 2 aliphatic heterocycles. The number of aromatic nitrogens is 2. The van der Waals surface area contributed by atoms with Gasteiger partial charge >= 0.3 is 5.97 Å². The Labute approximate surface area is 177 Å². The maximum absolute atomic E-state index is 13.1. The number of amides is 1. The highest BCUT2D eigenvalue weighted by molar-refractivity contribution is 6.10. The smallest absolute Gasteiger partial charge is 0.317 e. The van der Waals surface area contributed by atoms with Gasteiger partial charge < -0.3 is 35.2 Å². The molecule has 2 aromatic rings. The molecule has 0 saturated carbocycles. The fourth-order valence-electron chi connectivity index (χ4n) is 3.72. The number of anilines is 3. The number of carbonyl (C=O) groups excluding carboxylic acids is 1. The fourth-order valence-corrected chi connectivity index (χ4v) is 3.72. The molecule has 1 amide bonds. The third kappa shape index (κ3) is 3.78. The van der Waals surface area contributed by atoms with E-state index in [1.807, 2.05) is 0 Å². The fraction of sp³-hybridized carbons (Fsp3) is 0.368. The van der Waals surface area contributed by atoms with Crippen molar-refractivity contribution in [2.24, 2.45) is 0 Å². The number of aliphatic hydroxyl groups is 1. The summed E-state index contributed by atoms with van der Waals surface area (Å²) < 4.78 is 11.1. The summed E-state index contributed by atoms with van der Waals surface area (Å²) in [6.45, 7) is 1.01. The number of fused-ring (bicyclic) bond motifs is 1. The molecule has 12 nitrogen and oxygen atoms in total. The standard InChI is InChI=1S/C19H22N6O6/c1-30-13-8-11(2-3-12(13)25-5-4-23(19(25)29)9-14(26)27)24-6-7-31-17-15(18(24)28)16(20)21-10-22-17/h2-3,8,10,19,29H,4-7,9H2,1H3,(H,26,27)(H2,20,21,22). The van der Waals surface area contributed by atoms with Crippen molar-refractivity contribution in [1.82, 2.24) is 14.9 Å². The number of benzene rings is 1. The summed E-state index contributed by atoms with van der Waals surface area (Å²) in [7, 11) is 1.48. The maximum atomic E-state index is 13.1. The Morgan fingerprint density at radius 1 is 1.32 bits per heavy atom. The Kier molecular flexibility index (Phi) is 5.48. The number of methoxy groups -OCH3 is 1. The van der Waals surface area contributed by atoms with Crippen LogP contribution in [0.1, 0.15) is 10.4 Å². The van der Waals surface area contributed by atoms with Crippen LogP contribution in [0.15, 0.2) is 24.5 Å².